The average molecular weight is 303 g/mol. The Bertz CT molecular complexity index is 688. The molecule has 0 aliphatic carbocycles. The van der Waals surface area contributed by atoms with Crippen LogP contribution in [0.25, 0.3) is 0 Å². The predicted molar refractivity (Wildman–Crippen MR) is 78.5 cm³/mol. The second-order valence-corrected chi connectivity index (χ2v) is 4.17. The molecular formula is C14H13N3O5. The number of rotatable bonds is 5. The minimum absolute atomic E-state index is 0.0250. The van der Waals surface area contributed by atoms with Gasteiger partial charge in [-0.05, 0) is 12.1 Å². The van der Waals surface area contributed by atoms with Crippen molar-refractivity contribution >= 4 is 17.1 Å². The molecule has 0 saturated carbocycles. The lowest BCUT2D eigenvalue weighted by Gasteiger charge is -2.09. The highest BCUT2D eigenvalue weighted by molar-refractivity contribution is 5.65. The summed E-state index contributed by atoms with van der Waals surface area (Å²) in [4.78, 5) is 10.1. The Morgan fingerprint density at radius 1 is 1.05 bits per heavy atom. The van der Waals surface area contributed by atoms with Crippen LogP contribution in [0.15, 0.2) is 46.6 Å². The zero-order valence-electron chi connectivity index (χ0n) is 11.9. The molecule has 22 heavy (non-hydrogen) atoms. The monoisotopic (exact) mass is 303 g/mol. The highest BCUT2D eigenvalue weighted by Crippen LogP contribution is 2.41. The first-order chi connectivity index (χ1) is 10.5. The van der Waals surface area contributed by atoms with Gasteiger partial charge in [0.1, 0.15) is 5.75 Å². The van der Waals surface area contributed by atoms with Gasteiger partial charge in [0, 0.05) is 24.3 Å². The quantitative estimate of drug-likeness (QED) is 0.514. The zero-order chi connectivity index (χ0) is 16.1. The van der Waals surface area contributed by atoms with Gasteiger partial charge in [0.25, 0.3) is 5.69 Å². The van der Waals surface area contributed by atoms with E-state index in [1.165, 1.54) is 50.6 Å². The Kier molecular flexibility index (Phi) is 4.52. The molecule has 0 unspecified atom stereocenters. The van der Waals surface area contributed by atoms with E-state index in [0.717, 1.165) is 0 Å². The van der Waals surface area contributed by atoms with Crippen LogP contribution in [0.4, 0.5) is 17.1 Å². The maximum atomic E-state index is 10.6. The molecule has 0 aliphatic heterocycles. The van der Waals surface area contributed by atoms with E-state index in [9.17, 15) is 15.2 Å². The first kappa shape index (κ1) is 15.2. The number of azo groups is 1. The molecule has 1 N–H and O–H groups in total. The van der Waals surface area contributed by atoms with E-state index in [1.54, 1.807) is 0 Å². The van der Waals surface area contributed by atoms with Crippen LogP contribution in [0.1, 0.15) is 0 Å². The lowest BCUT2D eigenvalue weighted by atomic mass is 10.2. The van der Waals surface area contributed by atoms with Crippen LogP contribution in [0.3, 0.4) is 0 Å². The van der Waals surface area contributed by atoms with Crippen molar-refractivity contribution in [2.75, 3.05) is 14.2 Å². The Balaban J connectivity index is 2.35. The summed E-state index contributed by atoms with van der Waals surface area (Å²) in [5.74, 6) is 0.563. The fourth-order valence-electron chi connectivity index (χ4n) is 1.73. The van der Waals surface area contributed by atoms with Crippen molar-refractivity contribution in [3.8, 4) is 17.2 Å². The van der Waals surface area contributed by atoms with Crippen LogP contribution < -0.4 is 9.47 Å². The molecule has 0 amide bonds. The normalized spacial score (nSPS) is 10.6. The van der Waals surface area contributed by atoms with Gasteiger partial charge in [-0.3, -0.25) is 10.1 Å². The van der Waals surface area contributed by atoms with E-state index in [2.05, 4.69) is 10.2 Å². The van der Waals surface area contributed by atoms with Gasteiger partial charge in [-0.2, -0.15) is 5.11 Å². The van der Waals surface area contributed by atoms with E-state index >= 15 is 0 Å². The van der Waals surface area contributed by atoms with E-state index in [0.29, 0.717) is 22.9 Å². The largest absolute Gasteiger partial charge is 0.508 e. The van der Waals surface area contributed by atoms with Gasteiger partial charge in [0.15, 0.2) is 17.2 Å². The molecule has 8 heteroatoms. The number of nitro benzene ring substituents is 1. The highest BCUT2D eigenvalue weighted by atomic mass is 16.6. The number of phenolic OH excluding ortho intramolecular Hbond substituents is 1. The molecule has 0 spiro atoms. The van der Waals surface area contributed by atoms with Crippen molar-refractivity contribution in [1.29, 1.82) is 0 Å². The van der Waals surface area contributed by atoms with Crippen molar-refractivity contribution in [3.05, 3.63) is 46.5 Å². The molecule has 0 saturated heterocycles. The highest BCUT2D eigenvalue weighted by Gasteiger charge is 2.12. The number of hydrogen-bond acceptors (Lipinski definition) is 7. The van der Waals surface area contributed by atoms with Gasteiger partial charge >= 0.3 is 0 Å². The summed E-state index contributed by atoms with van der Waals surface area (Å²) in [7, 11) is 2.86. The minimum Gasteiger partial charge on any atom is -0.508 e. The minimum atomic E-state index is -0.493. The number of nitrogens with zero attached hydrogens (tertiary/aromatic N) is 3. The van der Waals surface area contributed by atoms with Gasteiger partial charge in [-0.1, -0.05) is 0 Å². The Hall–Kier alpha value is -3.16. The fourth-order valence-corrected chi connectivity index (χ4v) is 1.73. The Morgan fingerprint density at radius 3 is 2.05 bits per heavy atom. The first-order valence-corrected chi connectivity index (χ1v) is 6.16. The summed E-state index contributed by atoms with van der Waals surface area (Å²) in [6.45, 7) is 0. The smallest absolute Gasteiger partial charge is 0.269 e. The number of aromatic hydroxyl groups is 1. The molecule has 0 bridgehead atoms. The lowest BCUT2D eigenvalue weighted by molar-refractivity contribution is -0.384. The lowest BCUT2D eigenvalue weighted by Crippen LogP contribution is -1.88. The number of nitro groups is 1. The summed E-state index contributed by atoms with van der Waals surface area (Å²) in [6, 6.07) is 8.38. The SMILES string of the molecule is COc1cc(O)cc(OC)c1N=Nc1ccc([N+](=O)[O-])cc1. The summed E-state index contributed by atoms with van der Waals surface area (Å²) >= 11 is 0. The second-order valence-electron chi connectivity index (χ2n) is 4.17. The third kappa shape index (κ3) is 3.29. The summed E-state index contributed by atoms with van der Waals surface area (Å²) in [6.07, 6.45) is 0. The molecule has 2 rings (SSSR count). The van der Waals surface area contributed by atoms with Crippen molar-refractivity contribution in [3.63, 3.8) is 0 Å². The molecule has 2 aromatic carbocycles. The third-order valence-corrected chi connectivity index (χ3v) is 2.79. The van der Waals surface area contributed by atoms with Crippen LogP contribution in [0, 0.1) is 10.1 Å². The van der Waals surface area contributed by atoms with Gasteiger partial charge in [0.2, 0.25) is 0 Å². The molecule has 0 aliphatic rings. The summed E-state index contributed by atoms with van der Waals surface area (Å²) < 4.78 is 10.2. The Morgan fingerprint density at radius 2 is 1.59 bits per heavy atom. The fraction of sp³-hybridized carbons (Fsp3) is 0.143. The first-order valence-electron chi connectivity index (χ1n) is 6.16. The van der Waals surface area contributed by atoms with Crippen LogP contribution in [-0.2, 0) is 0 Å². The third-order valence-electron chi connectivity index (χ3n) is 2.79. The van der Waals surface area contributed by atoms with Crippen LogP contribution in [-0.4, -0.2) is 24.2 Å². The predicted octanol–water partition coefficient (Wildman–Crippen LogP) is 3.73. The number of benzene rings is 2. The number of non-ortho nitro benzene ring substituents is 1. The zero-order valence-corrected chi connectivity index (χ0v) is 11.9. The summed E-state index contributed by atoms with van der Waals surface area (Å²) in [5.41, 5.74) is 0.711. The molecular weight excluding hydrogens is 290 g/mol. The van der Waals surface area contributed by atoms with Crippen molar-refractivity contribution < 1.29 is 19.5 Å². The van der Waals surface area contributed by atoms with Gasteiger partial charge in [0.05, 0.1) is 24.8 Å². The topological polar surface area (TPSA) is 107 Å². The average Bonchev–Trinajstić information content (AvgIpc) is 2.53. The van der Waals surface area contributed by atoms with Crippen molar-refractivity contribution in [2.45, 2.75) is 0 Å². The molecule has 114 valence electrons. The van der Waals surface area contributed by atoms with Crippen molar-refractivity contribution in [2.24, 2.45) is 10.2 Å². The van der Waals surface area contributed by atoms with E-state index in [-0.39, 0.29) is 11.4 Å². The molecule has 0 atom stereocenters. The van der Waals surface area contributed by atoms with E-state index in [1.807, 2.05) is 0 Å². The number of ether oxygens (including phenoxy) is 2. The van der Waals surface area contributed by atoms with Crippen molar-refractivity contribution in [1.82, 2.24) is 0 Å². The van der Waals surface area contributed by atoms with Crippen LogP contribution >= 0.6 is 0 Å². The number of phenols is 1. The van der Waals surface area contributed by atoms with Gasteiger partial charge < -0.3 is 14.6 Å². The number of methoxy groups -OCH3 is 2. The molecule has 0 heterocycles. The molecule has 0 aromatic heterocycles. The molecule has 2 aromatic rings. The maximum Gasteiger partial charge on any atom is 0.269 e. The molecule has 8 nitrogen and oxygen atoms in total. The second kappa shape index (κ2) is 6.53. The molecule has 0 fully saturated rings. The number of hydrogen-bond donors (Lipinski definition) is 1. The standard InChI is InChI=1S/C14H13N3O5/c1-21-12-7-11(18)8-13(22-2)14(12)16-15-9-3-5-10(6-4-9)17(19)20/h3-8,18H,1-2H3. The van der Waals surface area contributed by atoms with Gasteiger partial charge in [-0.25, -0.2) is 0 Å². The van der Waals surface area contributed by atoms with Crippen LogP contribution in [0.2, 0.25) is 0 Å². The maximum absolute atomic E-state index is 10.6. The summed E-state index contributed by atoms with van der Waals surface area (Å²) in [5, 5.41) is 28.1. The van der Waals surface area contributed by atoms with Gasteiger partial charge in [-0.15, -0.1) is 5.11 Å². The van der Waals surface area contributed by atoms with E-state index in [4.69, 9.17) is 9.47 Å². The Labute approximate surface area is 125 Å². The van der Waals surface area contributed by atoms with E-state index < -0.39 is 4.92 Å². The molecule has 0 radical (unpaired) electrons. The van der Waals surface area contributed by atoms with Crippen LogP contribution in [0.5, 0.6) is 17.2 Å².